The van der Waals surface area contributed by atoms with Crippen LogP contribution in [0, 0.1) is 5.92 Å². The van der Waals surface area contributed by atoms with Crippen molar-refractivity contribution in [1.82, 2.24) is 0 Å². The van der Waals surface area contributed by atoms with Crippen molar-refractivity contribution in [3.8, 4) is 0 Å². The molecular formula is C21H23IO2. The van der Waals surface area contributed by atoms with E-state index in [-0.39, 0.29) is 12.2 Å². The number of alkyl halides is 1. The minimum Gasteiger partial charge on any atom is -0.370 e. The molecule has 0 amide bonds. The molecule has 0 N–H and O–H groups in total. The van der Waals surface area contributed by atoms with E-state index in [0.717, 1.165) is 10.8 Å². The molecule has 24 heavy (non-hydrogen) atoms. The van der Waals surface area contributed by atoms with Gasteiger partial charge < -0.3 is 9.47 Å². The van der Waals surface area contributed by atoms with Crippen LogP contribution in [0.1, 0.15) is 17.5 Å². The SMILES string of the molecule is IC[C@H]1C=C[C@@H](OCc2ccccc2)[C@@H](OCc2ccccc2)C1. The average molecular weight is 434 g/mol. The Morgan fingerprint density at radius 2 is 1.38 bits per heavy atom. The molecule has 3 rings (SSSR count). The molecule has 2 aromatic rings. The molecule has 1 aliphatic rings. The highest BCUT2D eigenvalue weighted by Crippen LogP contribution is 2.26. The fraction of sp³-hybridized carbons (Fsp3) is 0.333. The third-order valence-electron chi connectivity index (χ3n) is 4.26. The van der Waals surface area contributed by atoms with Crippen LogP contribution < -0.4 is 0 Å². The molecule has 3 heteroatoms. The number of benzene rings is 2. The quantitative estimate of drug-likeness (QED) is 0.340. The second-order valence-electron chi connectivity index (χ2n) is 6.13. The van der Waals surface area contributed by atoms with E-state index in [9.17, 15) is 0 Å². The van der Waals surface area contributed by atoms with Crippen molar-refractivity contribution >= 4 is 22.6 Å². The maximum Gasteiger partial charge on any atom is 0.102 e. The Kier molecular flexibility index (Phi) is 6.87. The smallest absolute Gasteiger partial charge is 0.102 e. The third kappa shape index (κ3) is 5.16. The summed E-state index contributed by atoms with van der Waals surface area (Å²) in [6.45, 7) is 1.26. The van der Waals surface area contributed by atoms with Gasteiger partial charge >= 0.3 is 0 Å². The molecule has 0 fully saturated rings. The first-order valence-corrected chi connectivity index (χ1v) is 9.93. The molecule has 0 saturated heterocycles. The van der Waals surface area contributed by atoms with Crippen LogP contribution in [0.3, 0.4) is 0 Å². The summed E-state index contributed by atoms with van der Waals surface area (Å²) in [6, 6.07) is 20.7. The molecule has 3 atom stereocenters. The van der Waals surface area contributed by atoms with E-state index in [1.807, 2.05) is 24.3 Å². The number of hydrogen-bond donors (Lipinski definition) is 0. The molecule has 0 spiro atoms. The van der Waals surface area contributed by atoms with E-state index in [2.05, 4.69) is 71.1 Å². The van der Waals surface area contributed by atoms with Crippen LogP contribution in [0.2, 0.25) is 0 Å². The molecule has 0 heterocycles. The summed E-state index contributed by atoms with van der Waals surface area (Å²) in [6.07, 6.45) is 5.62. The van der Waals surface area contributed by atoms with Crippen LogP contribution in [0.15, 0.2) is 72.8 Å². The van der Waals surface area contributed by atoms with E-state index in [1.165, 1.54) is 11.1 Å². The standard InChI is InChI=1S/C21H23IO2/c22-14-19-11-12-20(23-15-17-7-3-1-4-8-17)21(13-19)24-16-18-9-5-2-6-10-18/h1-12,19-21H,13-16H2/t19-,20+,21-/m0/s1. The zero-order valence-corrected chi connectivity index (χ0v) is 15.8. The molecule has 126 valence electrons. The Labute approximate surface area is 158 Å². The number of ether oxygens (including phenoxy) is 2. The van der Waals surface area contributed by atoms with Crippen molar-refractivity contribution < 1.29 is 9.47 Å². The van der Waals surface area contributed by atoms with Gasteiger partial charge in [-0.05, 0) is 23.5 Å². The van der Waals surface area contributed by atoms with Crippen LogP contribution >= 0.6 is 22.6 Å². The maximum atomic E-state index is 6.22. The van der Waals surface area contributed by atoms with Crippen LogP contribution in [0.25, 0.3) is 0 Å². The maximum absolute atomic E-state index is 6.22. The molecule has 1 aliphatic carbocycles. The highest BCUT2D eigenvalue weighted by Gasteiger charge is 2.27. The Morgan fingerprint density at radius 3 is 1.96 bits per heavy atom. The van der Waals surface area contributed by atoms with Crippen molar-refractivity contribution in [1.29, 1.82) is 0 Å². The zero-order chi connectivity index (χ0) is 16.6. The Morgan fingerprint density at radius 1 is 0.792 bits per heavy atom. The lowest BCUT2D eigenvalue weighted by Crippen LogP contribution is -2.35. The highest BCUT2D eigenvalue weighted by atomic mass is 127. The predicted octanol–water partition coefficient (Wildman–Crippen LogP) is 5.17. The van der Waals surface area contributed by atoms with Crippen molar-refractivity contribution in [2.45, 2.75) is 31.8 Å². The minimum absolute atomic E-state index is 0.0214. The summed E-state index contributed by atoms with van der Waals surface area (Å²) in [5, 5.41) is 0. The second-order valence-corrected chi connectivity index (χ2v) is 7.01. The zero-order valence-electron chi connectivity index (χ0n) is 13.7. The average Bonchev–Trinajstić information content (AvgIpc) is 2.66. The van der Waals surface area contributed by atoms with Gasteiger partial charge in [0, 0.05) is 4.43 Å². The van der Waals surface area contributed by atoms with Gasteiger partial charge in [0.25, 0.3) is 0 Å². The van der Waals surface area contributed by atoms with Crippen LogP contribution in [0.4, 0.5) is 0 Å². The van der Waals surface area contributed by atoms with E-state index < -0.39 is 0 Å². The molecule has 0 bridgehead atoms. The van der Waals surface area contributed by atoms with Gasteiger partial charge in [0.2, 0.25) is 0 Å². The number of hydrogen-bond acceptors (Lipinski definition) is 2. The molecule has 0 unspecified atom stereocenters. The minimum atomic E-state index is 0.0214. The van der Waals surface area contributed by atoms with E-state index in [1.54, 1.807) is 0 Å². The van der Waals surface area contributed by atoms with Crippen molar-refractivity contribution in [3.05, 3.63) is 83.9 Å². The topological polar surface area (TPSA) is 18.5 Å². The summed E-state index contributed by atoms with van der Waals surface area (Å²) in [5.74, 6) is 0.572. The molecule has 2 aromatic carbocycles. The first-order valence-electron chi connectivity index (χ1n) is 8.40. The summed E-state index contributed by atoms with van der Waals surface area (Å²) in [5.41, 5.74) is 2.41. The van der Waals surface area contributed by atoms with Gasteiger partial charge in [-0.2, -0.15) is 0 Å². The van der Waals surface area contributed by atoms with Gasteiger partial charge in [-0.25, -0.2) is 0 Å². The van der Waals surface area contributed by atoms with Crippen molar-refractivity contribution in [3.63, 3.8) is 0 Å². The van der Waals surface area contributed by atoms with E-state index in [0.29, 0.717) is 19.1 Å². The molecule has 0 aliphatic heterocycles. The van der Waals surface area contributed by atoms with Gasteiger partial charge in [-0.15, -0.1) is 0 Å². The number of allylic oxidation sites excluding steroid dienone is 1. The number of rotatable bonds is 7. The van der Waals surface area contributed by atoms with Crippen LogP contribution in [-0.4, -0.2) is 16.6 Å². The van der Waals surface area contributed by atoms with Crippen LogP contribution in [-0.2, 0) is 22.7 Å². The first kappa shape index (κ1) is 17.6. The number of halogens is 1. The van der Waals surface area contributed by atoms with Gasteiger partial charge in [-0.1, -0.05) is 95.4 Å². The molecule has 0 saturated carbocycles. The normalized spacial score (nSPS) is 23.3. The lowest BCUT2D eigenvalue weighted by Gasteiger charge is -2.31. The fourth-order valence-corrected chi connectivity index (χ4v) is 3.54. The molecular weight excluding hydrogens is 411 g/mol. The van der Waals surface area contributed by atoms with Crippen LogP contribution in [0.5, 0.6) is 0 Å². The lowest BCUT2D eigenvalue weighted by atomic mass is 9.93. The predicted molar refractivity (Wildman–Crippen MR) is 106 cm³/mol. The van der Waals surface area contributed by atoms with Gasteiger partial charge in [0.15, 0.2) is 0 Å². The molecule has 0 radical (unpaired) electrons. The van der Waals surface area contributed by atoms with E-state index in [4.69, 9.17) is 9.47 Å². The summed E-state index contributed by atoms with van der Waals surface area (Å²) in [4.78, 5) is 0. The first-order chi connectivity index (χ1) is 11.8. The monoisotopic (exact) mass is 434 g/mol. The fourth-order valence-electron chi connectivity index (χ4n) is 2.89. The van der Waals surface area contributed by atoms with E-state index >= 15 is 0 Å². The summed E-state index contributed by atoms with van der Waals surface area (Å²) in [7, 11) is 0. The highest BCUT2D eigenvalue weighted by molar-refractivity contribution is 14.1. The lowest BCUT2D eigenvalue weighted by molar-refractivity contribution is -0.0751. The Hall–Kier alpha value is -1.17. The second kappa shape index (κ2) is 9.35. The largest absolute Gasteiger partial charge is 0.370 e. The Bertz CT molecular complexity index is 627. The van der Waals surface area contributed by atoms with Gasteiger partial charge in [0.05, 0.1) is 19.3 Å². The van der Waals surface area contributed by atoms with Gasteiger partial charge in [0.1, 0.15) is 6.10 Å². The van der Waals surface area contributed by atoms with Gasteiger partial charge in [-0.3, -0.25) is 0 Å². The Balaban J connectivity index is 1.60. The molecule has 0 aromatic heterocycles. The third-order valence-corrected chi connectivity index (χ3v) is 5.40. The van der Waals surface area contributed by atoms with Crippen molar-refractivity contribution in [2.75, 3.05) is 4.43 Å². The molecule has 2 nitrogen and oxygen atoms in total. The summed E-state index contributed by atoms with van der Waals surface area (Å²) >= 11 is 2.45. The summed E-state index contributed by atoms with van der Waals surface area (Å²) < 4.78 is 13.5. The van der Waals surface area contributed by atoms with Crippen molar-refractivity contribution in [2.24, 2.45) is 5.92 Å².